The summed E-state index contributed by atoms with van der Waals surface area (Å²) in [5.41, 5.74) is 0.568. The van der Waals surface area contributed by atoms with E-state index in [1.165, 1.54) is 42.5 Å². The molecule has 0 spiro atoms. The van der Waals surface area contributed by atoms with Crippen molar-refractivity contribution in [3.05, 3.63) is 69.5 Å². The topological polar surface area (TPSA) is 40.9 Å². The van der Waals surface area contributed by atoms with Crippen LogP contribution in [-0.2, 0) is 0 Å². The normalized spacial score (nSPS) is 11.7. The van der Waals surface area contributed by atoms with Crippen LogP contribution in [0.1, 0.15) is 21.8 Å². The molecule has 0 aliphatic carbocycles. The van der Waals surface area contributed by atoms with E-state index in [4.69, 9.17) is 23.2 Å². The first-order valence-electron chi connectivity index (χ1n) is 5.67. The largest absolute Gasteiger partial charge is 0.292 e. The predicted molar refractivity (Wildman–Crippen MR) is 75.5 cm³/mol. The number of carbonyl (C=O) groups is 1. The van der Waals surface area contributed by atoms with E-state index in [2.05, 4.69) is 0 Å². The third-order valence-corrected chi connectivity index (χ3v) is 3.52. The zero-order chi connectivity index (χ0) is 14.7. The minimum atomic E-state index is -1.08. The SMILES string of the molecule is N#CC(C(=O)c1ccc(Cl)c(Cl)c1)c1cccc(F)c1. The highest BCUT2D eigenvalue weighted by Crippen LogP contribution is 2.26. The average molecular weight is 308 g/mol. The molecule has 0 aliphatic heterocycles. The van der Waals surface area contributed by atoms with Gasteiger partial charge >= 0.3 is 0 Å². The average Bonchev–Trinajstić information content (AvgIpc) is 2.42. The van der Waals surface area contributed by atoms with Gasteiger partial charge in [-0.1, -0.05) is 35.3 Å². The first-order valence-corrected chi connectivity index (χ1v) is 6.43. The van der Waals surface area contributed by atoms with Gasteiger partial charge < -0.3 is 0 Å². The summed E-state index contributed by atoms with van der Waals surface area (Å²) in [5, 5.41) is 9.73. The molecule has 20 heavy (non-hydrogen) atoms. The molecule has 5 heteroatoms. The van der Waals surface area contributed by atoms with Gasteiger partial charge in [0.2, 0.25) is 0 Å². The van der Waals surface area contributed by atoms with Crippen molar-refractivity contribution in [1.29, 1.82) is 5.26 Å². The van der Waals surface area contributed by atoms with Gasteiger partial charge in [-0.15, -0.1) is 0 Å². The summed E-state index contributed by atoms with van der Waals surface area (Å²) >= 11 is 11.6. The number of halogens is 3. The fourth-order valence-electron chi connectivity index (χ4n) is 1.79. The highest BCUT2D eigenvalue weighted by Gasteiger charge is 2.22. The number of Topliss-reactive ketones (excluding diaryl/α,β-unsaturated/α-hetero) is 1. The number of nitriles is 1. The van der Waals surface area contributed by atoms with Crippen LogP contribution in [0.4, 0.5) is 4.39 Å². The molecule has 1 unspecified atom stereocenters. The Morgan fingerprint density at radius 2 is 1.90 bits per heavy atom. The van der Waals surface area contributed by atoms with E-state index in [0.29, 0.717) is 10.6 Å². The summed E-state index contributed by atoms with van der Waals surface area (Å²) < 4.78 is 13.2. The summed E-state index contributed by atoms with van der Waals surface area (Å²) in [6, 6.07) is 11.7. The van der Waals surface area contributed by atoms with Crippen LogP contribution in [0.5, 0.6) is 0 Å². The first kappa shape index (κ1) is 14.5. The summed E-state index contributed by atoms with van der Waals surface area (Å²) in [4.78, 5) is 12.3. The zero-order valence-corrected chi connectivity index (χ0v) is 11.6. The van der Waals surface area contributed by atoms with Crippen molar-refractivity contribution in [1.82, 2.24) is 0 Å². The van der Waals surface area contributed by atoms with Crippen LogP contribution in [0.25, 0.3) is 0 Å². The molecular weight excluding hydrogens is 300 g/mol. The monoisotopic (exact) mass is 307 g/mol. The minimum Gasteiger partial charge on any atom is -0.292 e. The molecule has 2 aromatic carbocycles. The fraction of sp³-hybridized carbons (Fsp3) is 0.0667. The fourth-order valence-corrected chi connectivity index (χ4v) is 2.08. The van der Waals surface area contributed by atoms with Crippen molar-refractivity contribution in [2.24, 2.45) is 0 Å². The number of nitrogens with zero attached hydrogens (tertiary/aromatic N) is 1. The minimum absolute atomic E-state index is 0.230. The molecule has 2 nitrogen and oxygen atoms in total. The van der Waals surface area contributed by atoms with Gasteiger partial charge in [-0.05, 0) is 35.9 Å². The second-order valence-corrected chi connectivity index (χ2v) is 4.92. The molecule has 0 saturated carbocycles. The van der Waals surface area contributed by atoms with E-state index in [1.54, 1.807) is 0 Å². The van der Waals surface area contributed by atoms with Crippen molar-refractivity contribution >= 4 is 29.0 Å². The third kappa shape index (κ3) is 2.98. The highest BCUT2D eigenvalue weighted by atomic mass is 35.5. The predicted octanol–water partition coefficient (Wildman–Crippen LogP) is 4.62. The Morgan fingerprint density at radius 3 is 2.50 bits per heavy atom. The van der Waals surface area contributed by atoms with Crippen LogP contribution in [0, 0.1) is 17.1 Å². The maximum Gasteiger partial charge on any atom is 0.184 e. The molecule has 0 saturated heterocycles. The molecule has 0 aliphatic rings. The number of ketones is 1. The van der Waals surface area contributed by atoms with Crippen molar-refractivity contribution in [3.63, 3.8) is 0 Å². The molecule has 0 amide bonds. The Labute approximate surface area is 125 Å². The van der Waals surface area contributed by atoms with E-state index >= 15 is 0 Å². The quantitative estimate of drug-likeness (QED) is 0.776. The summed E-state index contributed by atoms with van der Waals surface area (Å²) in [5.74, 6) is -2.02. The Kier molecular flexibility index (Phi) is 4.39. The smallest absolute Gasteiger partial charge is 0.184 e. The van der Waals surface area contributed by atoms with E-state index in [1.807, 2.05) is 6.07 Å². The van der Waals surface area contributed by atoms with Crippen molar-refractivity contribution < 1.29 is 9.18 Å². The van der Waals surface area contributed by atoms with E-state index < -0.39 is 17.5 Å². The molecule has 100 valence electrons. The molecule has 0 heterocycles. The van der Waals surface area contributed by atoms with Crippen molar-refractivity contribution in [3.8, 4) is 6.07 Å². The Morgan fingerprint density at radius 1 is 1.15 bits per heavy atom. The van der Waals surface area contributed by atoms with E-state index in [9.17, 15) is 14.4 Å². The van der Waals surface area contributed by atoms with Gasteiger partial charge in [0.1, 0.15) is 11.7 Å². The lowest BCUT2D eigenvalue weighted by atomic mass is 9.92. The first-order chi connectivity index (χ1) is 9.52. The lowest BCUT2D eigenvalue weighted by molar-refractivity contribution is 0.0979. The van der Waals surface area contributed by atoms with Crippen LogP contribution in [-0.4, -0.2) is 5.78 Å². The number of carbonyl (C=O) groups excluding carboxylic acids is 1. The standard InChI is InChI=1S/C15H8Cl2FNO/c16-13-5-4-10(7-14(13)17)15(20)12(8-19)9-2-1-3-11(18)6-9/h1-7,12H. The van der Waals surface area contributed by atoms with E-state index in [-0.39, 0.29) is 10.6 Å². The van der Waals surface area contributed by atoms with Gasteiger partial charge in [0.25, 0.3) is 0 Å². The second-order valence-electron chi connectivity index (χ2n) is 4.11. The highest BCUT2D eigenvalue weighted by molar-refractivity contribution is 6.42. The van der Waals surface area contributed by atoms with E-state index in [0.717, 1.165) is 0 Å². The lowest BCUT2D eigenvalue weighted by Gasteiger charge is -2.09. The van der Waals surface area contributed by atoms with Crippen molar-refractivity contribution in [2.45, 2.75) is 5.92 Å². The van der Waals surface area contributed by atoms with Crippen LogP contribution in [0.15, 0.2) is 42.5 Å². The Bertz CT molecular complexity index is 709. The molecule has 0 N–H and O–H groups in total. The Hall–Kier alpha value is -1.89. The molecule has 2 aromatic rings. The summed E-state index contributed by atoms with van der Waals surface area (Å²) in [6.07, 6.45) is 0. The third-order valence-electron chi connectivity index (χ3n) is 2.78. The summed E-state index contributed by atoms with van der Waals surface area (Å²) in [6.45, 7) is 0. The number of benzene rings is 2. The second kappa shape index (κ2) is 6.04. The van der Waals surface area contributed by atoms with Crippen LogP contribution in [0.2, 0.25) is 10.0 Å². The number of hydrogen-bond acceptors (Lipinski definition) is 2. The van der Waals surface area contributed by atoms with Gasteiger partial charge in [-0.3, -0.25) is 4.79 Å². The number of rotatable bonds is 3. The van der Waals surface area contributed by atoms with Gasteiger partial charge in [-0.2, -0.15) is 5.26 Å². The molecule has 1 atom stereocenters. The van der Waals surface area contributed by atoms with Gasteiger partial charge in [-0.25, -0.2) is 4.39 Å². The molecule has 0 bridgehead atoms. The molecular formula is C15H8Cl2FNO. The van der Waals surface area contributed by atoms with Crippen LogP contribution >= 0.6 is 23.2 Å². The van der Waals surface area contributed by atoms with Crippen LogP contribution < -0.4 is 0 Å². The molecule has 0 aromatic heterocycles. The van der Waals surface area contributed by atoms with Gasteiger partial charge in [0.15, 0.2) is 5.78 Å². The summed E-state index contributed by atoms with van der Waals surface area (Å²) in [7, 11) is 0. The lowest BCUT2D eigenvalue weighted by Crippen LogP contribution is -2.11. The number of hydrogen-bond donors (Lipinski definition) is 0. The van der Waals surface area contributed by atoms with Gasteiger partial charge in [0.05, 0.1) is 16.1 Å². The molecule has 0 radical (unpaired) electrons. The zero-order valence-electron chi connectivity index (χ0n) is 10.1. The molecule has 2 rings (SSSR count). The van der Waals surface area contributed by atoms with Gasteiger partial charge in [0, 0.05) is 5.56 Å². The van der Waals surface area contributed by atoms with Crippen LogP contribution in [0.3, 0.4) is 0 Å². The maximum absolute atomic E-state index is 13.2. The molecule has 0 fully saturated rings. The maximum atomic E-state index is 13.2. The Balaban J connectivity index is 2.39. The van der Waals surface area contributed by atoms with Crippen molar-refractivity contribution in [2.75, 3.05) is 0 Å².